The molecule has 0 spiro atoms. The Morgan fingerprint density at radius 3 is 2.52 bits per heavy atom. The van der Waals surface area contributed by atoms with Crippen LogP contribution in [0.3, 0.4) is 0 Å². The molecule has 0 saturated carbocycles. The summed E-state index contributed by atoms with van der Waals surface area (Å²) in [7, 11) is 0. The molecule has 1 N–H and O–H groups in total. The van der Waals surface area contributed by atoms with E-state index in [1.807, 2.05) is 0 Å². The number of rotatable bonds is 5. The largest absolute Gasteiger partial charge is 0.489 e. The fourth-order valence-electron chi connectivity index (χ4n) is 3.84. The molecule has 0 radical (unpaired) electrons. The number of carbonyl (C=O) groups is 2. The summed E-state index contributed by atoms with van der Waals surface area (Å²) in [6, 6.07) is 5.35. The average molecular weight is 368 g/mol. The number of halogens is 1. The van der Waals surface area contributed by atoms with Crippen molar-refractivity contribution in [2.75, 3.05) is 6.61 Å². The zero-order chi connectivity index (χ0) is 18.0. The third-order valence-corrected chi connectivity index (χ3v) is 5.15. The van der Waals surface area contributed by atoms with Gasteiger partial charge in [0.1, 0.15) is 11.9 Å². The summed E-state index contributed by atoms with van der Waals surface area (Å²) in [4.78, 5) is 24.4. The minimum absolute atomic E-state index is 0.0307. The van der Waals surface area contributed by atoms with Crippen molar-refractivity contribution in [3.8, 4) is 5.75 Å². The Kier molecular flexibility index (Phi) is 5.37. The van der Waals surface area contributed by atoms with Gasteiger partial charge in [-0.05, 0) is 37.5 Å². The Morgan fingerprint density at radius 1 is 1.28 bits per heavy atom. The number of esters is 1. The predicted molar refractivity (Wildman–Crippen MR) is 92.1 cm³/mol. The molecular formula is C18H22ClNO5. The lowest BCUT2D eigenvalue weighted by atomic mass is 10.00. The van der Waals surface area contributed by atoms with Crippen LogP contribution in [-0.2, 0) is 16.0 Å². The van der Waals surface area contributed by atoms with Crippen molar-refractivity contribution in [2.24, 2.45) is 0 Å². The van der Waals surface area contributed by atoms with Crippen LogP contribution >= 0.6 is 11.6 Å². The summed E-state index contributed by atoms with van der Waals surface area (Å²) >= 11 is 6.30. The lowest BCUT2D eigenvalue weighted by Crippen LogP contribution is -2.48. The van der Waals surface area contributed by atoms with Crippen LogP contribution in [-0.4, -0.2) is 46.9 Å². The van der Waals surface area contributed by atoms with Crippen molar-refractivity contribution >= 4 is 23.7 Å². The zero-order valence-electron chi connectivity index (χ0n) is 14.1. The highest BCUT2D eigenvalue weighted by Crippen LogP contribution is 2.38. The summed E-state index contributed by atoms with van der Waals surface area (Å²) in [5.41, 5.74) is 0.775. The Bertz CT molecular complexity index is 651. The fraction of sp³-hybridized carbons (Fsp3) is 0.556. The molecule has 2 aliphatic rings. The van der Waals surface area contributed by atoms with Crippen molar-refractivity contribution in [1.29, 1.82) is 0 Å². The van der Waals surface area contributed by atoms with Gasteiger partial charge in [0.15, 0.2) is 0 Å². The van der Waals surface area contributed by atoms with Gasteiger partial charge in [0.05, 0.1) is 18.1 Å². The standard InChI is InChI=1S/C18H22ClNO5/c1-2-24-17(21)8-11-3-6-16(15(19)7-11)25-14-9-12-4-5-13(10-14)20(12)18(22)23/h3,6-7,12-14H,2,4-5,8-10H2,1H3,(H,22,23)/t12-,13+,14?. The van der Waals surface area contributed by atoms with Gasteiger partial charge in [-0.1, -0.05) is 17.7 Å². The molecule has 2 bridgehead atoms. The highest BCUT2D eigenvalue weighted by Gasteiger charge is 2.44. The van der Waals surface area contributed by atoms with Gasteiger partial charge in [-0.15, -0.1) is 0 Å². The van der Waals surface area contributed by atoms with E-state index in [0.717, 1.165) is 18.4 Å². The summed E-state index contributed by atoms with van der Waals surface area (Å²) in [5.74, 6) is 0.285. The number of ether oxygens (including phenoxy) is 2. The Labute approximate surface area is 151 Å². The van der Waals surface area contributed by atoms with Crippen molar-refractivity contribution in [3.63, 3.8) is 0 Å². The van der Waals surface area contributed by atoms with Crippen LogP contribution in [0.15, 0.2) is 18.2 Å². The lowest BCUT2D eigenvalue weighted by molar-refractivity contribution is -0.142. The molecule has 3 rings (SSSR count). The molecular weight excluding hydrogens is 346 g/mol. The van der Waals surface area contributed by atoms with Crippen molar-refractivity contribution in [3.05, 3.63) is 28.8 Å². The van der Waals surface area contributed by atoms with Crippen LogP contribution in [0.2, 0.25) is 5.02 Å². The second-order valence-corrected chi connectivity index (χ2v) is 6.94. The molecule has 2 fully saturated rings. The number of carboxylic acid groups (broad SMARTS) is 1. The van der Waals surface area contributed by atoms with E-state index in [1.54, 1.807) is 30.0 Å². The summed E-state index contributed by atoms with van der Waals surface area (Å²) in [5, 5.41) is 9.76. The van der Waals surface area contributed by atoms with Crippen molar-refractivity contribution < 1.29 is 24.2 Å². The Hall–Kier alpha value is -1.95. The van der Waals surface area contributed by atoms with E-state index < -0.39 is 6.09 Å². The minimum Gasteiger partial charge on any atom is -0.489 e. The monoisotopic (exact) mass is 367 g/mol. The SMILES string of the molecule is CCOC(=O)Cc1ccc(OC2C[C@H]3CC[C@@H](C2)N3C(=O)O)c(Cl)c1. The van der Waals surface area contributed by atoms with Crippen molar-refractivity contribution in [1.82, 2.24) is 4.90 Å². The van der Waals surface area contributed by atoms with Gasteiger partial charge in [-0.3, -0.25) is 4.79 Å². The molecule has 7 heteroatoms. The maximum Gasteiger partial charge on any atom is 0.407 e. The minimum atomic E-state index is -0.840. The van der Waals surface area contributed by atoms with Gasteiger partial charge in [0, 0.05) is 24.9 Å². The van der Waals surface area contributed by atoms with Crippen LogP contribution < -0.4 is 4.74 Å². The first kappa shape index (κ1) is 17.9. The molecule has 3 atom stereocenters. The summed E-state index contributed by atoms with van der Waals surface area (Å²) in [6.45, 7) is 2.12. The van der Waals surface area contributed by atoms with Gasteiger partial charge < -0.3 is 19.5 Å². The summed E-state index contributed by atoms with van der Waals surface area (Å²) in [6.07, 6.45) is 2.45. The van der Waals surface area contributed by atoms with Crippen LogP contribution in [0.4, 0.5) is 4.79 Å². The van der Waals surface area contributed by atoms with Crippen LogP contribution in [0.1, 0.15) is 38.2 Å². The summed E-state index contributed by atoms with van der Waals surface area (Å²) < 4.78 is 11.0. The Balaban J connectivity index is 1.62. The number of hydrogen-bond acceptors (Lipinski definition) is 4. The van der Waals surface area contributed by atoms with Crippen LogP contribution in [0.5, 0.6) is 5.75 Å². The van der Waals surface area contributed by atoms with E-state index in [2.05, 4.69) is 0 Å². The fourth-order valence-corrected chi connectivity index (χ4v) is 4.09. The highest BCUT2D eigenvalue weighted by atomic mass is 35.5. The van der Waals surface area contributed by atoms with Crippen LogP contribution in [0.25, 0.3) is 0 Å². The second kappa shape index (κ2) is 7.52. The normalized spacial score (nSPS) is 24.9. The van der Waals surface area contributed by atoms with Gasteiger partial charge in [0.25, 0.3) is 0 Å². The Morgan fingerprint density at radius 2 is 1.96 bits per heavy atom. The number of nitrogens with zero attached hydrogens (tertiary/aromatic N) is 1. The number of benzene rings is 1. The number of carbonyl (C=O) groups excluding carboxylic acids is 1. The molecule has 2 heterocycles. The molecule has 1 amide bonds. The third-order valence-electron chi connectivity index (χ3n) is 4.85. The molecule has 0 aliphatic carbocycles. The van der Waals surface area contributed by atoms with E-state index in [4.69, 9.17) is 21.1 Å². The molecule has 2 aliphatic heterocycles. The molecule has 25 heavy (non-hydrogen) atoms. The van der Waals surface area contributed by atoms with Crippen LogP contribution in [0, 0.1) is 0 Å². The number of amides is 1. The topological polar surface area (TPSA) is 76.1 Å². The quantitative estimate of drug-likeness (QED) is 0.806. The first-order chi connectivity index (χ1) is 12.0. The molecule has 2 saturated heterocycles. The molecule has 136 valence electrons. The maximum atomic E-state index is 11.5. The first-order valence-electron chi connectivity index (χ1n) is 8.60. The van der Waals surface area contributed by atoms with Gasteiger partial charge in [0.2, 0.25) is 0 Å². The third kappa shape index (κ3) is 4.00. The predicted octanol–water partition coefficient (Wildman–Crippen LogP) is 3.50. The number of fused-ring (bicyclic) bond motifs is 2. The second-order valence-electron chi connectivity index (χ2n) is 6.53. The van der Waals surface area contributed by atoms with E-state index in [9.17, 15) is 14.7 Å². The molecule has 1 unspecified atom stereocenters. The number of hydrogen-bond donors (Lipinski definition) is 1. The van der Waals surface area contributed by atoms with E-state index in [1.165, 1.54) is 0 Å². The van der Waals surface area contributed by atoms with Gasteiger partial charge in [-0.25, -0.2) is 4.79 Å². The van der Waals surface area contributed by atoms with Gasteiger partial charge >= 0.3 is 12.1 Å². The highest BCUT2D eigenvalue weighted by molar-refractivity contribution is 6.32. The maximum absolute atomic E-state index is 11.5. The lowest BCUT2D eigenvalue weighted by Gasteiger charge is -2.37. The van der Waals surface area contributed by atoms with E-state index in [-0.39, 0.29) is 30.6 Å². The molecule has 6 nitrogen and oxygen atoms in total. The first-order valence-corrected chi connectivity index (χ1v) is 8.97. The van der Waals surface area contributed by atoms with Gasteiger partial charge in [-0.2, -0.15) is 0 Å². The zero-order valence-corrected chi connectivity index (χ0v) is 14.9. The van der Waals surface area contributed by atoms with E-state index in [0.29, 0.717) is 30.2 Å². The average Bonchev–Trinajstić information content (AvgIpc) is 2.82. The van der Waals surface area contributed by atoms with Crippen molar-refractivity contribution in [2.45, 2.75) is 57.2 Å². The molecule has 1 aromatic rings. The molecule has 1 aromatic carbocycles. The smallest absolute Gasteiger partial charge is 0.407 e. The number of piperidine rings is 1. The van der Waals surface area contributed by atoms with E-state index >= 15 is 0 Å². The molecule has 0 aromatic heterocycles.